The molecule has 0 saturated heterocycles. The van der Waals surface area contributed by atoms with Crippen LogP contribution in [-0.2, 0) is 4.74 Å². The standard InChI is InChI=1S/C20H28N4O/c1-4-17-19(24(2)21)18(12-13-22-17)23-20(25-3)16-11-7-9-14-8-5-6-10-15(14)16/h5-11,18,20,22-23H,4,12-13,21H2,1-3H3. The third-order valence-corrected chi connectivity index (χ3v) is 4.84. The minimum Gasteiger partial charge on any atom is -0.387 e. The lowest BCUT2D eigenvalue weighted by Gasteiger charge is -2.36. The SMILES string of the molecule is CCC1=C(N(C)N)C(NC(OC)c2cccc3ccccc23)CCN1. The monoisotopic (exact) mass is 340 g/mol. The molecule has 0 aromatic heterocycles. The Bertz CT molecular complexity index is 751. The molecule has 1 heterocycles. The lowest BCUT2D eigenvalue weighted by atomic mass is 9.99. The number of hydrogen-bond donors (Lipinski definition) is 3. The Balaban J connectivity index is 1.94. The van der Waals surface area contributed by atoms with Crippen LogP contribution in [0.1, 0.15) is 31.6 Å². The van der Waals surface area contributed by atoms with Crippen molar-refractivity contribution in [1.29, 1.82) is 0 Å². The Labute approximate surface area is 149 Å². The molecule has 1 aliphatic heterocycles. The van der Waals surface area contributed by atoms with Crippen LogP contribution in [0.4, 0.5) is 0 Å². The van der Waals surface area contributed by atoms with Crippen molar-refractivity contribution in [3.05, 3.63) is 59.4 Å². The molecule has 1 aliphatic rings. The molecule has 3 rings (SSSR count). The predicted octanol–water partition coefficient (Wildman–Crippen LogP) is 2.86. The number of hydrazine groups is 1. The summed E-state index contributed by atoms with van der Waals surface area (Å²) in [5, 5.41) is 11.3. The second-order valence-electron chi connectivity index (χ2n) is 6.45. The van der Waals surface area contributed by atoms with Gasteiger partial charge in [0.2, 0.25) is 0 Å². The van der Waals surface area contributed by atoms with Crippen LogP contribution in [0.3, 0.4) is 0 Å². The number of likely N-dealkylation sites (N-methyl/N-ethyl adjacent to an activating group) is 1. The first-order valence-corrected chi connectivity index (χ1v) is 8.87. The van der Waals surface area contributed by atoms with Gasteiger partial charge in [-0.25, -0.2) is 5.84 Å². The van der Waals surface area contributed by atoms with E-state index in [1.165, 1.54) is 16.5 Å². The van der Waals surface area contributed by atoms with Gasteiger partial charge in [-0.3, -0.25) is 5.32 Å². The summed E-state index contributed by atoms with van der Waals surface area (Å²) in [6, 6.07) is 14.9. The van der Waals surface area contributed by atoms with Crippen LogP contribution in [0.2, 0.25) is 0 Å². The smallest absolute Gasteiger partial charge is 0.135 e. The van der Waals surface area contributed by atoms with Gasteiger partial charge in [-0.05, 0) is 23.6 Å². The average molecular weight is 340 g/mol. The molecule has 25 heavy (non-hydrogen) atoms. The highest BCUT2D eigenvalue weighted by Crippen LogP contribution is 2.27. The molecule has 2 aromatic carbocycles. The molecule has 5 nitrogen and oxygen atoms in total. The van der Waals surface area contributed by atoms with Gasteiger partial charge < -0.3 is 15.1 Å². The molecule has 2 unspecified atom stereocenters. The zero-order valence-corrected chi connectivity index (χ0v) is 15.3. The van der Waals surface area contributed by atoms with Gasteiger partial charge in [0.05, 0.1) is 11.7 Å². The van der Waals surface area contributed by atoms with E-state index in [0.717, 1.165) is 30.6 Å². The summed E-state index contributed by atoms with van der Waals surface area (Å²) in [7, 11) is 3.64. The zero-order valence-electron chi connectivity index (χ0n) is 15.3. The van der Waals surface area contributed by atoms with Crippen LogP contribution in [0.25, 0.3) is 10.8 Å². The number of benzene rings is 2. The van der Waals surface area contributed by atoms with E-state index in [4.69, 9.17) is 10.6 Å². The van der Waals surface area contributed by atoms with Gasteiger partial charge in [0.1, 0.15) is 6.23 Å². The molecule has 0 aliphatic carbocycles. The van der Waals surface area contributed by atoms with Crippen LogP contribution in [0.15, 0.2) is 53.9 Å². The van der Waals surface area contributed by atoms with E-state index in [0.29, 0.717) is 0 Å². The van der Waals surface area contributed by atoms with E-state index in [-0.39, 0.29) is 12.3 Å². The van der Waals surface area contributed by atoms with Gasteiger partial charge in [0.15, 0.2) is 0 Å². The Hall–Kier alpha value is -2.08. The first-order valence-electron chi connectivity index (χ1n) is 8.87. The van der Waals surface area contributed by atoms with Crippen molar-refractivity contribution in [2.24, 2.45) is 5.84 Å². The molecule has 2 aromatic rings. The van der Waals surface area contributed by atoms with Crippen molar-refractivity contribution in [2.75, 3.05) is 20.7 Å². The molecular formula is C20H28N4O. The number of ether oxygens (including phenoxy) is 1. The number of methoxy groups -OCH3 is 1. The molecule has 0 saturated carbocycles. The molecule has 4 N–H and O–H groups in total. The quantitative estimate of drug-likeness (QED) is 0.429. The maximum Gasteiger partial charge on any atom is 0.135 e. The number of hydrogen-bond acceptors (Lipinski definition) is 5. The van der Waals surface area contributed by atoms with Crippen LogP contribution < -0.4 is 16.5 Å². The summed E-state index contributed by atoms with van der Waals surface area (Å²) in [6.45, 7) is 3.08. The molecule has 0 spiro atoms. The summed E-state index contributed by atoms with van der Waals surface area (Å²) >= 11 is 0. The highest BCUT2D eigenvalue weighted by Gasteiger charge is 2.27. The van der Waals surface area contributed by atoms with Crippen LogP contribution in [0.5, 0.6) is 0 Å². The normalized spacial score (nSPS) is 19.0. The van der Waals surface area contributed by atoms with Gasteiger partial charge in [-0.15, -0.1) is 0 Å². The van der Waals surface area contributed by atoms with E-state index in [9.17, 15) is 0 Å². The molecule has 5 heteroatoms. The topological polar surface area (TPSA) is 62.5 Å². The van der Waals surface area contributed by atoms with Crippen molar-refractivity contribution in [1.82, 2.24) is 15.6 Å². The third kappa shape index (κ3) is 3.63. The van der Waals surface area contributed by atoms with Crippen LogP contribution in [0, 0.1) is 0 Å². The number of fused-ring (bicyclic) bond motifs is 1. The molecule has 0 amide bonds. The largest absolute Gasteiger partial charge is 0.387 e. The van der Waals surface area contributed by atoms with Crippen molar-refractivity contribution < 1.29 is 4.74 Å². The van der Waals surface area contributed by atoms with Gasteiger partial charge >= 0.3 is 0 Å². The number of rotatable bonds is 6. The van der Waals surface area contributed by atoms with Gasteiger partial charge in [-0.2, -0.15) is 0 Å². The summed E-state index contributed by atoms with van der Waals surface area (Å²) in [6.07, 6.45) is 1.70. The predicted molar refractivity (Wildman–Crippen MR) is 103 cm³/mol. The van der Waals surface area contributed by atoms with E-state index >= 15 is 0 Å². The molecule has 0 fully saturated rings. The summed E-state index contributed by atoms with van der Waals surface area (Å²) in [5.74, 6) is 6.12. The molecule has 2 atom stereocenters. The second kappa shape index (κ2) is 7.87. The minimum absolute atomic E-state index is 0.148. The Morgan fingerprint density at radius 2 is 2.04 bits per heavy atom. The second-order valence-corrected chi connectivity index (χ2v) is 6.45. The third-order valence-electron chi connectivity index (χ3n) is 4.84. The molecule has 0 bridgehead atoms. The van der Waals surface area contributed by atoms with Gasteiger partial charge in [-0.1, -0.05) is 49.4 Å². The fraction of sp³-hybridized carbons (Fsp3) is 0.400. The van der Waals surface area contributed by atoms with Crippen LogP contribution in [-0.4, -0.2) is 31.8 Å². The van der Waals surface area contributed by atoms with Crippen molar-refractivity contribution in [3.8, 4) is 0 Å². The van der Waals surface area contributed by atoms with E-state index in [2.05, 4.69) is 60.0 Å². The Kier molecular flexibility index (Phi) is 5.58. The van der Waals surface area contributed by atoms with E-state index in [1.54, 1.807) is 12.1 Å². The highest BCUT2D eigenvalue weighted by molar-refractivity contribution is 5.85. The summed E-state index contributed by atoms with van der Waals surface area (Å²) in [5.41, 5.74) is 3.45. The number of allylic oxidation sites excluding steroid dienone is 1. The first kappa shape index (κ1) is 17.7. The van der Waals surface area contributed by atoms with Gasteiger partial charge in [0, 0.05) is 32.0 Å². The van der Waals surface area contributed by atoms with Crippen molar-refractivity contribution in [3.63, 3.8) is 0 Å². The maximum atomic E-state index is 6.12. The Morgan fingerprint density at radius 1 is 1.28 bits per heavy atom. The number of nitrogens with two attached hydrogens (primary N) is 1. The fourth-order valence-corrected chi connectivity index (χ4v) is 3.68. The minimum atomic E-state index is -0.192. The van der Waals surface area contributed by atoms with Gasteiger partial charge in [0.25, 0.3) is 0 Å². The lowest BCUT2D eigenvalue weighted by molar-refractivity contribution is 0.0622. The van der Waals surface area contributed by atoms with E-state index in [1.807, 2.05) is 7.05 Å². The lowest BCUT2D eigenvalue weighted by Crippen LogP contribution is -2.48. The summed E-state index contributed by atoms with van der Waals surface area (Å²) in [4.78, 5) is 0. The number of nitrogens with zero attached hydrogens (tertiary/aromatic N) is 1. The molecular weight excluding hydrogens is 312 g/mol. The van der Waals surface area contributed by atoms with E-state index < -0.39 is 0 Å². The summed E-state index contributed by atoms with van der Waals surface area (Å²) < 4.78 is 5.83. The first-order chi connectivity index (χ1) is 12.2. The zero-order chi connectivity index (χ0) is 17.8. The fourth-order valence-electron chi connectivity index (χ4n) is 3.68. The van der Waals surface area contributed by atoms with Crippen molar-refractivity contribution >= 4 is 10.8 Å². The average Bonchev–Trinajstić information content (AvgIpc) is 2.65. The van der Waals surface area contributed by atoms with Crippen molar-refractivity contribution in [2.45, 2.75) is 32.0 Å². The maximum absolute atomic E-state index is 6.12. The highest BCUT2D eigenvalue weighted by atomic mass is 16.5. The number of nitrogens with one attached hydrogen (secondary N) is 2. The molecule has 134 valence electrons. The molecule has 0 radical (unpaired) electrons. The van der Waals surface area contributed by atoms with Crippen LogP contribution >= 0.6 is 0 Å². The Morgan fingerprint density at radius 3 is 2.76 bits per heavy atom.